The fraction of sp³-hybridized carbons (Fsp3) is 0.333. The Morgan fingerprint density at radius 1 is 1.16 bits per heavy atom. The average Bonchev–Trinajstić information content (AvgIpc) is 3.03. The van der Waals surface area contributed by atoms with Gasteiger partial charge in [0.25, 0.3) is 10.0 Å². The second kappa shape index (κ2) is 9.19. The number of ether oxygens (including phenoxy) is 1. The lowest BCUT2D eigenvalue weighted by atomic mass is 9.76. The van der Waals surface area contributed by atoms with Gasteiger partial charge in [0.2, 0.25) is 0 Å². The minimum absolute atomic E-state index is 0.177. The Morgan fingerprint density at radius 3 is 2.31 bits per heavy atom. The van der Waals surface area contributed by atoms with E-state index in [9.17, 15) is 13.2 Å². The number of benzene rings is 2. The number of carbonyl (C=O) groups is 1. The Morgan fingerprint density at radius 2 is 1.75 bits per heavy atom. The van der Waals surface area contributed by atoms with E-state index >= 15 is 0 Å². The van der Waals surface area contributed by atoms with E-state index in [2.05, 4.69) is 27.6 Å². The molecule has 1 atom stereocenters. The lowest BCUT2D eigenvalue weighted by Crippen LogP contribution is -2.42. The van der Waals surface area contributed by atoms with Crippen LogP contribution >= 0.6 is 15.9 Å². The normalized spacial score (nSPS) is 17.7. The van der Waals surface area contributed by atoms with Crippen molar-refractivity contribution < 1.29 is 17.9 Å². The van der Waals surface area contributed by atoms with Crippen molar-refractivity contribution in [1.82, 2.24) is 4.41 Å². The zero-order valence-corrected chi connectivity index (χ0v) is 21.0. The second-order valence-electron chi connectivity index (χ2n) is 8.42. The summed E-state index contributed by atoms with van der Waals surface area (Å²) in [5.74, 6) is -0.497. The maximum Gasteiger partial charge on any atom is 0.333 e. The maximum atomic E-state index is 13.6. The first-order chi connectivity index (χ1) is 15.0. The van der Waals surface area contributed by atoms with Crippen LogP contribution in [0.15, 0.2) is 75.2 Å². The van der Waals surface area contributed by atoms with Crippen molar-refractivity contribution in [1.29, 1.82) is 0 Å². The third kappa shape index (κ3) is 4.66. The number of hydrogen-bond donors (Lipinski definition) is 0. The zero-order valence-electron chi connectivity index (χ0n) is 18.6. The molecule has 0 aromatic heterocycles. The highest BCUT2D eigenvalue weighted by Crippen LogP contribution is 2.42. The van der Waals surface area contributed by atoms with Crippen LogP contribution < -0.4 is 0 Å². The molecule has 3 rings (SSSR count). The minimum Gasteiger partial charge on any atom is -0.466 e. The number of hydrazone groups is 1. The molecule has 170 valence electrons. The van der Waals surface area contributed by atoms with Crippen molar-refractivity contribution in [3.05, 3.63) is 76.3 Å². The lowest BCUT2D eigenvalue weighted by molar-refractivity contribution is -0.136. The number of carbonyl (C=O) groups excluding carboxylic acids is 1. The van der Waals surface area contributed by atoms with E-state index in [1.165, 1.54) is 11.5 Å². The molecular weight excluding hydrogens is 492 g/mol. The van der Waals surface area contributed by atoms with E-state index in [1.54, 1.807) is 24.3 Å². The number of hydrogen-bond acceptors (Lipinski definition) is 5. The summed E-state index contributed by atoms with van der Waals surface area (Å²) in [4.78, 5) is 12.0. The van der Waals surface area contributed by atoms with Crippen molar-refractivity contribution in [2.75, 3.05) is 7.11 Å². The van der Waals surface area contributed by atoms with Crippen LogP contribution in [0.2, 0.25) is 0 Å². The summed E-state index contributed by atoms with van der Waals surface area (Å²) in [7, 11) is -2.61. The van der Waals surface area contributed by atoms with Gasteiger partial charge in [-0.2, -0.15) is 17.9 Å². The second-order valence-corrected chi connectivity index (χ2v) is 11.1. The summed E-state index contributed by atoms with van der Waals surface area (Å²) in [6.07, 6.45) is 0.666. The van der Waals surface area contributed by atoms with Gasteiger partial charge in [0, 0.05) is 15.5 Å². The fourth-order valence-corrected chi connectivity index (χ4v) is 5.69. The van der Waals surface area contributed by atoms with E-state index in [0.29, 0.717) is 24.1 Å². The summed E-state index contributed by atoms with van der Waals surface area (Å²) < 4.78 is 34.1. The molecule has 0 radical (unpaired) electrons. The average molecular weight is 519 g/mol. The summed E-state index contributed by atoms with van der Waals surface area (Å²) in [6, 6.07) is 13.8. The fourth-order valence-electron chi connectivity index (χ4n) is 3.84. The van der Waals surface area contributed by atoms with Crippen molar-refractivity contribution >= 4 is 37.6 Å². The Kier molecular flexibility index (Phi) is 6.95. The van der Waals surface area contributed by atoms with E-state index in [0.717, 1.165) is 15.6 Å². The van der Waals surface area contributed by atoms with Gasteiger partial charge in [-0.3, -0.25) is 0 Å². The SMILES string of the molecule is C=C(CC[C@@H]1N(S(=O)(=O)c2ccc(C)cc2)N=C(c2ccc(Br)cc2)C1(C)C)C(=O)OC. The van der Waals surface area contributed by atoms with Gasteiger partial charge in [0.1, 0.15) is 0 Å². The molecule has 2 aromatic rings. The monoisotopic (exact) mass is 518 g/mol. The molecule has 8 heteroatoms. The number of nitrogens with zero attached hydrogens (tertiary/aromatic N) is 2. The van der Waals surface area contributed by atoms with Crippen LogP contribution in [-0.4, -0.2) is 37.7 Å². The largest absolute Gasteiger partial charge is 0.466 e. The molecule has 1 heterocycles. The summed E-state index contributed by atoms with van der Waals surface area (Å²) >= 11 is 3.44. The van der Waals surface area contributed by atoms with Gasteiger partial charge in [-0.25, -0.2) is 4.79 Å². The van der Waals surface area contributed by atoms with Gasteiger partial charge in [-0.15, -0.1) is 0 Å². The van der Waals surface area contributed by atoms with Gasteiger partial charge in [-0.05, 0) is 49.6 Å². The van der Waals surface area contributed by atoms with Gasteiger partial charge in [0.15, 0.2) is 0 Å². The first-order valence-corrected chi connectivity index (χ1v) is 12.4. The third-order valence-electron chi connectivity index (χ3n) is 5.78. The van der Waals surface area contributed by atoms with Crippen LogP contribution in [0, 0.1) is 12.3 Å². The Labute approximate surface area is 198 Å². The van der Waals surface area contributed by atoms with Crippen LogP contribution in [0.25, 0.3) is 0 Å². The highest BCUT2D eigenvalue weighted by molar-refractivity contribution is 9.10. The van der Waals surface area contributed by atoms with E-state index in [4.69, 9.17) is 4.74 Å². The smallest absolute Gasteiger partial charge is 0.333 e. The zero-order chi connectivity index (χ0) is 23.7. The molecule has 6 nitrogen and oxygen atoms in total. The quantitative estimate of drug-likeness (QED) is 0.378. The molecule has 0 N–H and O–H groups in total. The van der Waals surface area contributed by atoms with Crippen molar-refractivity contribution in [2.24, 2.45) is 10.5 Å². The molecule has 0 bridgehead atoms. The Balaban J connectivity index is 2.05. The number of methoxy groups -OCH3 is 1. The molecule has 1 aliphatic heterocycles. The van der Waals surface area contributed by atoms with Crippen LogP contribution in [-0.2, 0) is 19.6 Å². The van der Waals surface area contributed by atoms with Crippen LogP contribution in [0.3, 0.4) is 0 Å². The first-order valence-electron chi connectivity index (χ1n) is 10.2. The van der Waals surface area contributed by atoms with Crippen molar-refractivity contribution in [2.45, 2.75) is 44.6 Å². The molecule has 0 aliphatic carbocycles. The number of rotatable bonds is 7. The van der Waals surface area contributed by atoms with Crippen LogP contribution in [0.5, 0.6) is 0 Å². The number of halogens is 1. The highest BCUT2D eigenvalue weighted by Gasteiger charge is 2.49. The first kappa shape index (κ1) is 24.2. The van der Waals surface area contributed by atoms with Gasteiger partial charge < -0.3 is 4.74 Å². The minimum atomic E-state index is -3.91. The van der Waals surface area contributed by atoms with E-state index in [1.807, 2.05) is 45.0 Å². The molecule has 2 aromatic carbocycles. The van der Waals surface area contributed by atoms with E-state index < -0.39 is 27.4 Å². The predicted octanol–water partition coefficient (Wildman–Crippen LogP) is 5.07. The number of aryl methyl sites for hydroxylation is 1. The molecular formula is C24H27BrN2O4S. The summed E-state index contributed by atoms with van der Waals surface area (Å²) in [6.45, 7) is 9.65. The van der Waals surface area contributed by atoms with Crippen molar-refractivity contribution in [3.8, 4) is 0 Å². The molecule has 1 aliphatic rings. The predicted molar refractivity (Wildman–Crippen MR) is 129 cm³/mol. The molecule has 32 heavy (non-hydrogen) atoms. The lowest BCUT2D eigenvalue weighted by Gasteiger charge is -2.32. The molecule has 0 fully saturated rings. The third-order valence-corrected chi connectivity index (χ3v) is 8.01. The summed E-state index contributed by atoms with van der Waals surface area (Å²) in [5, 5.41) is 4.64. The number of sulfonamides is 1. The molecule has 0 spiro atoms. The molecule has 0 amide bonds. The molecule has 0 saturated carbocycles. The Bertz CT molecular complexity index is 1150. The van der Waals surface area contributed by atoms with E-state index in [-0.39, 0.29) is 4.90 Å². The van der Waals surface area contributed by atoms with Crippen LogP contribution in [0.1, 0.15) is 37.8 Å². The van der Waals surface area contributed by atoms with Gasteiger partial charge in [0.05, 0.1) is 23.8 Å². The highest BCUT2D eigenvalue weighted by atomic mass is 79.9. The molecule has 0 saturated heterocycles. The standard InChI is InChI=1S/C24H27BrN2O4S/c1-16-6-13-20(14-7-16)32(29,30)27-21(15-8-17(2)23(28)31-5)24(3,4)22(26-27)18-9-11-19(25)12-10-18/h6-7,9-14,21H,2,8,15H2,1,3-5H3/t21-/m0/s1. The van der Waals surface area contributed by atoms with Crippen molar-refractivity contribution in [3.63, 3.8) is 0 Å². The Hall–Kier alpha value is -2.45. The maximum absolute atomic E-state index is 13.6. The van der Waals surface area contributed by atoms with Crippen LogP contribution in [0.4, 0.5) is 0 Å². The van der Waals surface area contributed by atoms with Gasteiger partial charge in [-0.1, -0.05) is 66.2 Å². The number of esters is 1. The molecule has 0 unspecified atom stereocenters. The topological polar surface area (TPSA) is 76.0 Å². The summed E-state index contributed by atoms with van der Waals surface area (Å²) in [5.41, 5.74) is 2.18. The van der Waals surface area contributed by atoms with Gasteiger partial charge >= 0.3 is 5.97 Å².